The van der Waals surface area contributed by atoms with Crippen LogP contribution in [-0.2, 0) is 15.8 Å². The van der Waals surface area contributed by atoms with E-state index in [1.807, 2.05) is 11.4 Å². The number of hydrogen-bond acceptors (Lipinski definition) is 6. The molecule has 11 heteroatoms. The molecule has 0 N–H and O–H groups in total. The fraction of sp³-hybridized carbons (Fsp3) is 0.286. The fourth-order valence-electron chi connectivity index (χ4n) is 3.74. The average Bonchev–Trinajstić information content (AvgIpc) is 3.26. The largest absolute Gasteiger partial charge is 0.273 e. The number of thiazole rings is 1. The Hall–Kier alpha value is -2.04. The van der Waals surface area contributed by atoms with Crippen molar-refractivity contribution in [2.45, 2.75) is 24.5 Å². The zero-order chi connectivity index (χ0) is 22.9. The Bertz CT molecular complexity index is 1260. The van der Waals surface area contributed by atoms with Gasteiger partial charge in [0.1, 0.15) is 0 Å². The van der Waals surface area contributed by atoms with E-state index in [9.17, 15) is 18.5 Å². The third-order valence-electron chi connectivity index (χ3n) is 5.46. The molecule has 3 aromatic rings. The van der Waals surface area contributed by atoms with E-state index in [0.717, 1.165) is 16.3 Å². The van der Waals surface area contributed by atoms with E-state index >= 15 is 0 Å². The molecule has 0 unspecified atom stereocenters. The Morgan fingerprint density at radius 3 is 2.53 bits per heavy atom. The van der Waals surface area contributed by atoms with Crippen molar-refractivity contribution in [1.29, 1.82) is 0 Å². The van der Waals surface area contributed by atoms with Crippen molar-refractivity contribution < 1.29 is 13.3 Å². The van der Waals surface area contributed by atoms with Crippen LogP contribution in [0.3, 0.4) is 0 Å². The summed E-state index contributed by atoms with van der Waals surface area (Å²) in [6.07, 6.45) is 1.29. The van der Waals surface area contributed by atoms with Crippen LogP contribution >= 0.6 is 34.5 Å². The molecule has 4 rings (SSSR count). The van der Waals surface area contributed by atoms with E-state index in [0.29, 0.717) is 36.0 Å². The highest BCUT2D eigenvalue weighted by molar-refractivity contribution is 7.88. The lowest BCUT2D eigenvalue weighted by atomic mass is 9.99. The SMILES string of the molecule is O=[N+]([O-])c1ccccc1CS(=O)(=O)N1CCC(c2nc(-c3ccc(Cl)c(Cl)c3)cs2)CC1. The van der Waals surface area contributed by atoms with Crippen LogP contribution < -0.4 is 0 Å². The van der Waals surface area contributed by atoms with Gasteiger partial charge in [-0.05, 0) is 25.0 Å². The molecular weight excluding hydrogens is 493 g/mol. The number of piperidine rings is 1. The lowest BCUT2D eigenvalue weighted by molar-refractivity contribution is -0.385. The summed E-state index contributed by atoms with van der Waals surface area (Å²) >= 11 is 13.6. The summed E-state index contributed by atoms with van der Waals surface area (Å²) in [6, 6.07) is 11.3. The minimum atomic E-state index is -3.66. The molecule has 0 amide bonds. The number of nitro groups is 1. The fourth-order valence-corrected chi connectivity index (χ4v) is 6.63. The van der Waals surface area contributed by atoms with Crippen LogP contribution in [0.2, 0.25) is 10.0 Å². The van der Waals surface area contributed by atoms with E-state index in [1.165, 1.54) is 22.5 Å². The van der Waals surface area contributed by atoms with Gasteiger partial charge in [0.15, 0.2) is 0 Å². The molecule has 0 radical (unpaired) electrons. The lowest BCUT2D eigenvalue weighted by Crippen LogP contribution is -2.38. The van der Waals surface area contributed by atoms with Crippen LogP contribution in [0.5, 0.6) is 0 Å². The van der Waals surface area contributed by atoms with E-state index in [2.05, 4.69) is 0 Å². The van der Waals surface area contributed by atoms with Gasteiger partial charge in [0, 0.05) is 41.6 Å². The Kier molecular flexibility index (Phi) is 6.83. The van der Waals surface area contributed by atoms with Gasteiger partial charge in [0.2, 0.25) is 10.0 Å². The second-order valence-corrected chi connectivity index (χ2v) is 11.2. The molecule has 0 spiro atoms. The normalized spacial score (nSPS) is 15.7. The standard InChI is InChI=1S/C21H19Cl2N3O4S2/c22-17-6-5-15(11-18(17)23)19-12-31-21(24-19)14-7-9-25(10-8-14)32(29,30)13-16-3-1-2-4-20(16)26(27)28/h1-6,11-12,14H,7-10,13H2. The summed E-state index contributed by atoms with van der Waals surface area (Å²) in [6.45, 7) is 0.713. The number of aromatic nitrogens is 1. The molecule has 1 aliphatic heterocycles. The number of sulfonamides is 1. The van der Waals surface area contributed by atoms with Crippen molar-refractivity contribution in [3.05, 3.63) is 78.6 Å². The van der Waals surface area contributed by atoms with Crippen molar-refractivity contribution >= 4 is 50.2 Å². The molecule has 2 heterocycles. The van der Waals surface area contributed by atoms with Gasteiger partial charge in [-0.3, -0.25) is 10.1 Å². The smallest absolute Gasteiger partial charge is 0.258 e. The number of rotatable bonds is 6. The van der Waals surface area contributed by atoms with Gasteiger partial charge in [-0.1, -0.05) is 47.5 Å². The molecule has 0 aliphatic carbocycles. The molecule has 0 bridgehead atoms. The van der Waals surface area contributed by atoms with Crippen LogP contribution in [0.15, 0.2) is 47.8 Å². The number of halogens is 2. The lowest BCUT2D eigenvalue weighted by Gasteiger charge is -2.30. The highest BCUT2D eigenvalue weighted by Crippen LogP contribution is 2.35. The Balaban J connectivity index is 1.43. The topological polar surface area (TPSA) is 93.4 Å². The first-order chi connectivity index (χ1) is 15.2. The van der Waals surface area contributed by atoms with E-state index < -0.39 is 14.9 Å². The van der Waals surface area contributed by atoms with Gasteiger partial charge < -0.3 is 0 Å². The molecule has 1 aromatic heterocycles. The number of nitro benzene ring substituents is 1. The summed E-state index contributed by atoms with van der Waals surface area (Å²) in [4.78, 5) is 15.4. The summed E-state index contributed by atoms with van der Waals surface area (Å²) in [5.41, 5.74) is 1.72. The van der Waals surface area contributed by atoms with Crippen molar-refractivity contribution in [2.75, 3.05) is 13.1 Å². The zero-order valence-corrected chi connectivity index (χ0v) is 19.9. The maximum absolute atomic E-state index is 12.9. The van der Waals surface area contributed by atoms with Gasteiger partial charge in [-0.15, -0.1) is 11.3 Å². The molecular formula is C21H19Cl2N3O4S2. The van der Waals surface area contributed by atoms with E-state index in [1.54, 1.807) is 29.5 Å². The van der Waals surface area contributed by atoms with Gasteiger partial charge in [0.25, 0.3) is 5.69 Å². The maximum atomic E-state index is 12.9. The van der Waals surface area contributed by atoms with Crippen molar-refractivity contribution in [3.63, 3.8) is 0 Å². The van der Waals surface area contributed by atoms with Crippen molar-refractivity contribution in [2.24, 2.45) is 0 Å². The molecule has 168 valence electrons. The molecule has 7 nitrogen and oxygen atoms in total. The van der Waals surface area contributed by atoms with Gasteiger partial charge in [-0.25, -0.2) is 17.7 Å². The molecule has 0 saturated carbocycles. The molecule has 1 fully saturated rings. The van der Waals surface area contributed by atoms with Crippen molar-refractivity contribution in [3.8, 4) is 11.3 Å². The number of hydrogen-bond donors (Lipinski definition) is 0. The second-order valence-electron chi connectivity index (χ2n) is 7.52. The van der Waals surface area contributed by atoms with Gasteiger partial charge in [-0.2, -0.15) is 0 Å². The highest BCUT2D eigenvalue weighted by atomic mass is 35.5. The van der Waals surface area contributed by atoms with Gasteiger partial charge >= 0.3 is 0 Å². The highest BCUT2D eigenvalue weighted by Gasteiger charge is 2.31. The summed E-state index contributed by atoms with van der Waals surface area (Å²) < 4.78 is 27.2. The van der Waals surface area contributed by atoms with Gasteiger partial charge in [0.05, 0.1) is 31.4 Å². The minimum absolute atomic E-state index is 0.161. The summed E-state index contributed by atoms with van der Waals surface area (Å²) in [5, 5.41) is 15.1. The van der Waals surface area contributed by atoms with Crippen LogP contribution in [0.1, 0.15) is 29.3 Å². The van der Waals surface area contributed by atoms with E-state index in [4.69, 9.17) is 28.2 Å². The van der Waals surface area contributed by atoms with Crippen LogP contribution in [0.4, 0.5) is 5.69 Å². The quantitative estimate of drug-likeness (QED) is 0.310. The molecule has 1 aliphatic rings. The van der Waals surface area contributed by atoms with Crippen LogP contribution in [0.25, 0.3) is 11.3 Å². The number of benzene rings is 2. The Morgan fingerprint density at radius 1 is 1.12 bits per heavy atom. The first kappa shape index (κ1) is 23.1. The van der Waals surface area contributed by atoms with Crippen molar-refractivity contribution in [1.82, 2.24) is 9.29 Å². The van der Waals surface area contributed by atoms with Crippen LogP contribution in [0, 0.1) is 10.1 Å². The number of nitrogens with zero attached hydrogens (tertiary/aromatic N) is 3. The number of para-hydroxylation sites is 1. The third kappa shape index (κ3) is 4.97. The monoisotopic (exact) mass is 511 g/mol. The van der Waals surface area contributed by atoms with Crippen LogP contribution in [-0.4, -0.2) is 35.7 Å². The first-order valence-electron chi connectivity index (χ1n) is 9.85. The first-order valence-corrected chi connectivity index (χ1v) is 13.1. The second kappa shape index (κ2) is 9.44. The maximum Gasteiger partial charge on any atom is 0.273 e. The average molecular weight is 512 g/mol. The predicted molar refractivity (Wildman–Crippen MR) is 127 cm³/mol. The molecule has 32 heavy (non-hydrogen) atoms. The predicted octanol–water partition coefficient (Wildman–Crippen LogP) is 5.73. The Labute approximate surface area is 199 Å². The molecule has 2 aromatic carbocycles. The Morgan fingerprint density at radius 2 is 1.84 bits per heavy atom. The summed E-state index contributed by atoms with van der Waals surface area (Å²) in [7, 11) is -3.66. The zero-order valence-electron chi connectivity index (χ0n) is 16.8. The molecule has 0 atom stereocenters. The minimum Gasteiger partial charge on any atom is -0.258 e. The van der Waals surface area contributed by atoms with E-state index in [-0.39, 0.29) is 22.9 Å². The summed E-state index contributed by atoms with van der Waals surface area (Å²) in [5.74, 6) is -0.220. The molecule has 1 saturated heterocycles. The third-order valence-corrected chi connectivity index (χ3v) is 9.03.